The van der Waals surface area contributed by atoms with Crippen LogP contribution >= 0.6 is 0 Å². The van der Waals surface area contributed by atoms with Crippen LogP contribution in [0.5, 0.6) is 11.5 Å². The summed E-state index contributed by atoms with van der Waals surface area (Å²) in [5, 5.41) is 13.3. The normalized spacial score (nSPS) is 17.6. The van der Waals surface area contributed by atoms with Crippen molar-refractivity contribution >= 4 is 24.1 Å². The fraction of sp³-hybridized carbons (Fsp3) is 0.667. The first kappa shape index (κ1) is 33.1. The van der Waals surface area contributed by atoms with E-state index in [1.165, 1.54) is 12.1 Å². The summed E-state index contributed by atoms with van der Waals surface area (Å²) >= 11 is 0. The van der Waals surface area contributed by atoms with Crippen molar-refractivity contribution < 1.29 is 43.2 Å². The van der Waals surface area contributed by atoms with Crippen molar-refractivity contribution in [3.63, 3.8) is 0 Å². The molecule has 40 heavy (non-hydrogen) atoms. The molecule has 10 heteroatoms. The van der Waals surface area contributed by atoms with Crippen LogP contribution in [0.4, 0.5) is 4.79 Å². The SMILES string of the molecule is CCC(C)N[C@@](Cc1ccc(OC(=O)C(C)CC)c(OC(=O)C(C)CC)c1)(OC(=O)OC1CCCCC1)C(=O)O. The summed E-state index contributed by atoms with van der Waals surface area (Å²) in [6, 6.07) is 4.11. The number of esters is 2. The van der Waals surface area contributed by atoms with Gasteiger partial charge in [0.2, 0.25) is 0 Å². The number of rotatable bonds is 14. The molecule has 10 nitrogen and oxygen atoms in total. The largest absolute Gasteiger partial charge is 0.510 e. The molecule has 0 heterocycles. The van der Waals surface area contributed by atoms with Crippen LogP contribution in [0.3, 0.4) is 0 Å². The minimum Gasteiger partial charge on any atom is -0.477 e. The maximum atomic E-state index is 12.8. The molecule has 1 aromatic carbocycles. The highest BCUT2D eigenvalue weighted by Crippen LogP contribution is 2.32. The molecule has 0 aliphatic heterocycles. The molecule has 0 bridgehead atoms. The molecule has 2 rings (SSSR count). The number of aliphatic carboxylic acids is 1. The molecule has 0 spiro atoms. The Morgan fingerprint density at radius 2 is 1.48 bits per heavy atom. The van der Waals surface area contributed by atoms with Gasteiger partial charge in [0.15, 0.2) is 11.5 Å². The lowest BCUT2D eigenvalue weighted by atomic mass is 9.98. The quantitative estimate of drug-likeness (QED) is 0.163. The fourth-order valence-electron chi connectivity index (χ4n) is 4.15. The zero-order valence-electron chi connectivity index (χ0n) is 24.6. The molecule has 0 saturated heterocycles. The van der Waals surface area contributed by atoms with Crippen LogP contribution < -0.4 is 14.8 Å². The number of carboxylic acids is 1. The number of nitrogens with one attached hydrogen (secondary N) is 1. The highest BCUT2D eigenvalue weighted by Gasteiger charge is 2.45. The predicted molar refractivity (Wildman–Crippen MR) is 148 cm³/mol. The van der Waals surface area contributed by atoms with Crippen molar-refractivity contribution in [3.05, 3.63) is 23.8 Å². The van der Waals surface area contributed by atoms with Crippen LogP contribution in [-0.4, -0.2) is 47.0 Å². The van der Waals surface area contributed by atoms with Crippen molar-refractivity contribution in [2.45, 2.75) is 117 Å². The first-order valence-electron chi connectivity index (χ1n) is 14.4. The number of carbonyl (C=O) groups is 4. The molecular weight excluding hydrogens is 518 g/mol. The molecule has 0 aromatic heterocycles. The average molecular weight is 564 g/mol. The summed E-state index contributed by atoms with van der Waals surface area (Å²) in [5.74, 6) is -3.17. The van der Waals surface area contributed by atoms with E-state index in [1.54, 1.807) is 26.8 Å². The van der Waals surface area contributed by atoms with E-state index in [0.717, 1.165) is 19.3 Å². The highest BCUT2D eigenvalue weighted by atomic mass is 16.7. The molecule has 224 valence electrons. The van der Waals surface area contributed by atoms with Gasteiger partial charge in [-0.2, -0.15) is 0 Å². The molecule has 3 unspecified atom stereocenters. The lowest BCUT2D eigenvalue weighted by molar-refractivity contribution is -0.168. The third kappa shape index (κ3) is 9.50. The van der Waals surface area contributed by atoms with Gasteiger partial charge in [0.25, 0.3) is 5.72 Å². The molecule has 1 saturated carbocycles. The van der Waals surface area contributed by atoms with Crippen LogP contribution in [0, 0.1) is 11.8 Å². The lowest BCUT2D eigenvalue weighted by Crippen LogP contribution is -2.59. The number of carboxylic acid groups (broad SMARTS) is 1. The number of carbonyl (C=O) groups excluding carboxylic acids is 3. The van der Waals surface area contributed by atoms with Crippen molar-refractivity contribution in [2.75, 3.05) is 0 Å². The van der Waals surface area contributed by atoms with Gasteiger partial charge in [0.05, 0.1) is 11.8 Å². The van der Waals surface area contributed by atoms with Crippen LogP contribution in [-0.2, 0) is 30.3 Å². The van der Waals surface area contributed by atoms with Crippen LogP contribution in [0.15, 0.2) is 18.2 Å². The molecular formula is C30H45NO9. The Morgan fingerprint density at radius 1 is 0.900 bits per heavy atom. The van der Waals surface area contributed by atoms with Gasteiger partial charge in [-0.05, 0) is 69.6 Å². The molecule has 1 aliphatic carbocycles. The molecule has 2 N–H and O–H groups in total. The van der Waals surface area contributed by atoms with Crippen molar-refractivity contribution in [1.29, 1.82) is 0 Å². The highest BCUT2D eigenvalue weighted by molar-refractivity contribution is 5.81. The lowest BCUT2D eigenvalue weighted by Gasteiger charge is -2.33. The summed E-state index contributed by atoms with van der Waals surface area (Å²) in [4.78, 5) is 50.6. The zero-order chi connectivity index (χ0) is 29.9. The van der Waals surface area contributed by atoms with Gasteiger partial charge < -0.3 is 24.1 Å². The zero-order valence-corrected chi connectivity index (χ0v) is 24.6. The summed E-state index contributed by atoms with van der Waals surface area (Å²) in [6.45, 7) is 10.8. The number of hydrogen-bond acceptors (Lipinski definition) is 9. The maximum Gasteiger partial charge on any atom is 0.510 e. The van der Waals surface area contributed by atoms with E-state index < -0.39 is 35.7 Å². The second kappa shape index (κ2) is 15.6. The molecule has 1 aromatic rings. The van der Waals surface area contributed by atoms with E-state index in [4.69, 9.17) is 18.9 Å². The summed E-state index contributed by atoms with van der Waals surface area (Å²) in [5.41, 5.74) is -1.78. The topological polar surface area (TPSA) is 137 Å². The van der Waals surface area contributed by atoms with Crippen LogP contribution in [0.25, 0.3) is 0 Å². The van der Waals surface area contributed by atoms with Crippen LogP contribution in [0.2, 0.25) is 0 Å². The Hall–Kier alpha value is -3.14. The molecule has 1 aliphatic rings. The first-order valence-corrected chi connectivity index (χ1v) is 14.4. The van der Waals surface area contributed by atoms with Gasteiger partial charge in [-0.25, -0.2) is 9.59 Å². The van der Waals surface area contributed by atoms with E-state index >= 15 is 0 Å². The standard InChI is InChI=1S/C30H45NO9/c1-7-19(4)26(32)38-24-16-15-22(17-25(24)39-27(33)20(5)8-2)18-30(28(34)35,31-21(6)9-3)40-29(36)37-23-13-11-10-12-14-23/h15-17,19-21,23,31H,7-14,18H2,1-6H3,(H,34,35)/t19?,20?,21?,30-/m0/s1. The first-order chi connectivity index (χ1) is 18.9. The minimum atomic E-state index is -2.16. The Balaban J connectivity index is 2.43. The van der Waals surface area contributed by atoms with Gasteiger partial charge in [-0.1, -0.05) is 47.1 Å². The van der Waals surface area contributed by atoms with Gasteiger partial charge in [0, 0.05) is 12.5 Å². The smallest absolute Gasteiger partial charge is 0.477 e. The van der Waals surface area contributed by atoms with Gasteiger partial charge in [-0.3, -0.25) is 14.9 Å². The Labute approximate surface area is 237 Å². The van der Waals surface area contributed by atoms with Gasteiger partial charge >= 0.3 is 24.1 Å². The summed E-state index contributed by atoms with van der Waals surface area (Å²) in [7, 11) is 0. The van der Waals surface area contributed by atoms with Crippen molar-refractivity contribution in [2.24, 2.45) is 11.8 Å². The van der Waals surface area contributed by atoms with E-state index in [1.807, 2.05) is 20.8 Å². The predicted octanol–water partition coefficient (Wildman–Crippen LogP) is 5.79. The monoisotopic (exact) mass is 563 g/mol. The Morgan fingerprint density at radius 3 is 2.00 bits per heavy atom. The van der Waals surface area contributed by atoms with Gasteiger partial charge in [-0.15, -0.1) is 0 Å². The second-order valence-electron chi connectivity index (χ2n) is 10.7. The Kier molecular flexibility index (Phi) is 12.9. The van der Waals surface area contributed by atoms with E-state index in [-0.39, 0.29) is 36.0 Å². The number of benzene rings is 1. The Bertz CT molecular complexity index is 1020. The second-order valence-corrected chi connectivity index (χ2v) is 10.7. The molecule has 0 radical (unpaired) electrons. The van der Waals surface area contributed by atoms with Gasteiger partial charge in [0.1, 0.15) is 6.10 Å². The van der Waals surface area contributed by atoms with E-state index in [2.05, 4.69) is 5.32 Å². The average Bonchev–Trinajstić information content (AvgIpc) is 2.93. The third-order valence-corrected chi connectivity index (χ3v) is 7.42. The van der Waals surface area contributed by atoms with Crippen molar-refractivity contribution in [1.82, 2.24) is 5.32 Å². The third-order valence-electron chi connectivity index (χ3n) is 7.42. The molecule has 0 amide bonds. The van der Waals surface area contributed by atoms with E-state index in [0.29, 0.717) is 37.7 Å². The summed E-state index contributed by atoms with van der Waals surface area (Å²) in [6.07, 6.45) is 4.32. The molecule has 1 fully saturated rings. The number of hydrogen-bond donors (Lipinski definition) is 2. The van der Waals surface area contributed by atoms with Crippen LogP contribution in [0.1, 0.15) is 98.5 Å². The van der Waals surface area contributed by atoms with Crippen molar-refractivity contribution in [3.8, 4) is 11.5 Å². The minimum absolute atomic E-state index is 0.0212. The summed E-state index contributed by atoms with van der Waals surface area (Å²) < 4.78 is 22.1. The maximum absolute atomic E-state index is 12.8. The van der Waals surface area contributed by atoms with E-state index in [9.17, 15) is 24.3 Å². The fourth-order valence-corrected chi connectivity index (χ4v) is 4.15. The number of ether oxygens (including phenoxy) is 4. The molecule has 4 atom stereocenters.